The van der Waals surface area contributed by atoms with Gasteiger partial charge in [-0.25, -0.2) is 4.79 Å². The van der Waals surface area contributed by atoms with E-state index in [1.54, 1.807) is 42.5 Å². The van der Waals surface area contributed by atoms with Crippen LogP contribution in [-0.4, -0.2) is 28.9 Å². The number of amides is 1. The number of benzene rings is 3. The van der Waals surface area contributed by atoms with Crippen LogP contribution in [0.15, 0.2) is 60.7 Å². The van der Waals surface area contributed by atoms with E-state index in [0.29, 0.717) is 22.6 Å². The van der Waals surface area contributed by atoms with Gasteiger partial charge in [-0.3, -0.25) is 4.79 Å². The minimum absolute atomic E-state index is 0.0309. The lowest BCUT2D eigenvalue weighted by Gasteiger charge is -2.11. The normalized spacial score (nSPS) is 11.9. The molecule has 1 amide bonds. The van der Waals surface area contributed by atoms with E-state index in [-0.39, 0.29) is 23.8 Å². The lowest BCUT2D eigenvalue weighted by Crippen LogP contribution is -2.15. The van der Waals surface area contributed by atoms with Crippen LogP contribution in [0.2, 0.25) is 0 Å². The van der Waals surface area contributed by atoms with E-state index >= 15 is 0 Å². The molecule has 28 heavy (non-hydrogen) atoms. The van der Waals surface area contributed by atoms with E-state index in [4.69, 9.17) is 9.47 Å². The molecule has 0 unspecified atom stereocenters. The van der Waals surface area contributed by atoms with E-state index < -0.39 is 11.9 Å². The van der Waals surface area contributed by atoms with Gasteiger partial charge in [0.15, 0.2) is 11.5 Å². The molecule has 0 radical (unpaired) electrons. The first-order valence-corrected chi connectivity index (χ1v) is 8.39. The van der Waals surface area contributed by atoms with E-state index in [1.807, 2.05) is 0 Å². The first-order valence-electron chi connectivity index (χ1n) is 8.39. The number of fused-ring (bicyclic) bond motifs is 1. The summed E-state index contributed by atoms with van der Waals surface area (Å²) in [5.41, 5.74) is 1.92. The van der Waals surface area contributed by atoms with Gasteiger partial charge in [0, 0.05) is 5.56 Å². The molecule has 7 heteroatoms. The average molecular weight is 377 g/mol. The van der Waals surface area contributed by atoms with Crippen molar-refractivity contribution in [2.45, 2.75) is 0 Å². The Morgan fingerprint density at radius 1 is 0.857 bits per heavy atom. The SMILES string of the molecule is O=C(Nc1cc(-c2ccc(O)cc2)ccc1C(=O)O)c1ccc2c(c1)OCO2. The third-order valence-electron chi connectivity index (χ3n) is 4.33. The monoisotopic (exact) mass is 377 g/mol. The van der Waals surface area contributed by atoms with Gasteiger partial charge in [0.05, 0.1) is 11.3 Å². The predicted octanol–water partition coefficient (Wildman–Crippen LogP) is 3.74. The Morgan fingerprint density at radius 2 is 1.57 bits per heavy atom. The molecule has 0 aliphatic carbocycles. The average Bonchev–Trinajstić information content (AvgIpc) is 3.16. The highest BCUT2D eigenvalue weighted by Crippen LogP contribution is 2.33. The minimum Gasteiger partial charge on any atom is -0.508 e. The molecule has 1 aliphatic rings. The molecule has 0 spiro atoms. The first-order chi connectivity index (χ1) is 13.5. The number of hydrogen-bond acceptors (Lipinski definition) is 5. The minimum atomic E-state index is -1.15. The number of carboxylic acid groups (broad SMARTS) is 1. The summed E-state index contributed by atoms with van der Waals surface area (Å²) in [5, 5.41) is 21.5. The van der Waals surface area contributed by atoms with Crippen molar-refractivity contribution in [2.75, 3.05) is 12.1 Å². The van der Waals surface area contributed by atoms with Crippen LogP contribution in [0.4, 0.5) is 5.69 Å². The number of carbonyl (C=O) groups excluding carboxylic acids is 1. The number of aromatic carboxylic acids is 1. The summed E-state index contributed by atoms with van der Waals surface area (Å²) >= 11 is 0. The Kier molecular flexibility index (Phi) is 4.33. The summed E-state index contributed by atoms with van der Waals surface area (Å²) in [5.74, 6) is -0.481. The Labute approximate surface area is 159 Å². The number of aromatic hydroxyl groups is 1. The Morgan fingerprint density at radius 3 is 2.32 bits per heavy atom. The molecule has 140 valence electrons. The van der Waals surface area contributed by atoms with Crippen molar-refractivity contribution in [1.29, 1.82) is 0 Å². The first kappa shape index (κ1) is 17.4. The second-order valence-electron chi connectivity index (χ2n) is 6.13. The van der Waals surface area contributed by atoms with Gasteiger partial charge in [-0.05, 0) is 53.6 Å². The van der Waals surface area contributed by atoms with Crippen molar-refractivity contribution in [1.82, 2.24) is 0 Å². The quantitative estimate of drug-likeness (QED) is 0.640. The maximum atomic E-state index is 12.6. The molecule has 0 fully saturated rings. The molecule has 0 saturated heterocycles. The molecule has 1 aliphatic heterocycles. The molecule has 3 aromatic rings. The standard InChI is InChI=1S/C21H15NO6/c23-15-5-1-12(2-6-15)13-3-7-16(21(25)26)17(9-13)22-20(24)14-4-8-18-19(10-14)28-11-27-18/h1-10,23H,11H2,(H,22,24)(H,25,26). The summed E-state index contributed by atoms with van der Waals surface area (Å²) in [6.45, 7) is 0.0955. The largest absolute Gasteiger partial charge is 0.508 e. The zero-order chi connectivity index (χ0) is 19.7. The molecule has 0 aromatic heterocycles. The highest BCUT2D eigenvalue weighted by molar-refractivity contribution is 6.08. The number of rotatable bonds is 4. The fourth-order valence-corrected chi connectivity index (χ4v) is 2.90. The molecule has 0 atom stereocenters. The second kappa shape index (κ2) is 6.96. The highest BCUT2D eigenvalue weighted by atomic mass is 16.7. The number of carboxylic acids is 1. The summed E-state index contributed by atoms with van der Waals surface area (Å²) < 4.78 is 10.5. The van der Waals surface area contributed by atoms with Crippen molar-refractivity contribution in [3.8, 4) is 28.4 Å². The van der Waals surface area contributed by atoms with Gasteiger partial charge in [-0.2, -0.15) is 0 Å². The van der Waals surface area contributed by atoms with Crippen LogP contribution in [0.25, 0.3) is 11.1 Å². The maximum Gasteiger partial charge on any atom is 0.337 e. The number of ether oxygens (including phenoxy) is 2. The number of nitrogens with one attached hydrogen (secondary N) is 1. The van der Waals surface area contributed by atoms with Gasteiger partial charge < -0.3 is 25.0 Å². The van der Waals surface area contributed by atoms with Crippen LogP contribution in [0.3, 0.4) is 0 Å². The number of phenolic OH excluding ortho intramolecular Hbond substituents is 1. The second-order valence-corrected chi connectivity index (χ2v) is 6.13. The van der Waals surface area contributed by atoms with Crippen molar-refractivity contribution in [3.05, 3.63) is 71.8 Å². The number of anilines is 1. The third-order valence-corrected chi connectivity index (χ3v) is 4.33. The fraction of sp³-hybridized carbons (Fsp3) is 0.0476. The summed E-state index contributed by atoms with van der Waals surface area (Å²) in [6.07, 6.45) is 0. The lowest BCUT2D eigenvalue weighted by molar-refractivity contribution is 0.0698. The van der Waals surface area contributed by atoms with E-state index in [2.05, 4.69) is 5.32 Å². The smallest absolute Gasteiger partial charge is 0.337 e. The van der Waals surface area contributed by atoms with Gasteiger partial charge in [0.25, 0.3) is 5.91 Å². The zero-order valence-electron chi connectivity index (χ0n) is 14.5. The third kappa shape index (κ3) is 3.33. The maximum absolute atomic E-state index is 12.6. The Bertz CT molecular complexity index is 1070. The molecule has 4 rings (SSSR count). The zero-order valence-corrected chi connectivity index (χ0v) is 14.5. The van der Waals surface area contributed by atoms with Gasteiger partial charge in [0.1, 0.15) is 5.75 Å². The topological polar surface area (TPSA) is 105 Å². The molecule has 3 aromatic carbocycles. The van der Waals surface area contributed by atoms with Crippen LogP contribution < -0.4 is 14.8 Å². The van der Waals surface area contributed by atoms with Gasteiger partial charge in [-0.1, -0.05) is 18.2 Å². The van der Waals surface area contributed by atoms with Gasteiger partial charge >= 0.3 is 5.97 Å². The van der Waals surface area contributed by atoms with Crippen molar-refractivity contribution in [3.63, 3.8) is 0 Å². The fourth-order valence-electron chi connectivity index (χ4n) is 2.90. The molecular weight excluding hydrogens is 362 g/mol. The molecule has 1 heterocycles. The lowest BCUT2D eigenvalue weighted by atomic mass is 10.0. The number of hydrogen-bond donors (Lipinski definition) is 3. The van der Waals surface area contributed by atoms with Crippen LogP contribution in [-0.2, 0) is 0 Å². The predicted molar refractivity (Wildman–Crippen MR) is 101 cm³/mol. The summed E-state index contributed by atoms with van der Waals surface area (Å²) in [7, 11) is 0. The van der Waals surface area contributed by atoms with Crippen LogP contribution in [0.5, 0.6) is 17.2 Å². The summed E-state index contributed by atoms with van der Waals surface area (Å²) in [4.78, 5) is 24.2. The van der Waals surface area contributed by atoms with E-state index in [0.717, 1.165) is 5.56 Å². The van der Waals surface area contributed by atoms with Crippen molar-refractivity contribution >= 4 is 17.6 Å². The number of phenols is 1. The molecule has 0 bridgehead atoms. The van der Waals surface area contributed by atoms with Gasteiger partial charge in [-0.15, -0.1) is 0 Å². The molecule has 3 N–H and O–H groups in total. The molecule has 0 saturated carbocycles. The Hall–Kier alpha value is -4.00. The highest BCUT2D eigenvalue weighted by Gasteiger charge is 2.18. The Balaban J connectivity index is 1.67. The molecular formula is C21H15NO6. The van der Waals surface area contributed by atoms with Crippen molar-refractivity contribution < 1.29 is 29.3 Å². The van der Waals surface area contributed by atoms with E-state index in [1.165, 1.54) is 18.2 Å². The molecule has 7 nitrogen and oxygen atoms in total. The van der Waals surface area contributed by atoms with Crippen LogP contribution >= 0.6 is 0 Å². The number of carbonyl (C=O) groups is 2. The van der Waals surface area contributed by atoms with E-state index in [9.17, 15) is 19.8 Å². The summed E-state index contributed by atoms with van der Waals surface area (Å²) in [6, 6.07) is 15.9. The van der Waals surface area contributed by atoms with Crippen molar-refractivity contribution in [2.24, 2.45) is 0 Å². The van der Waals surface area contributed by atoms with Gasteiger partial charge in [0.2, 0.25) is 6.79 Å². The van der Waals surface area contributed by atoms with Crippen LogP contribution in [0, 0.1) is 0 Å². The van der Waals surface area contributed by atoms with Crippen LogP contribution in [0.1, 0.15) is 20.7 Å².